The highest BCUT2D eigenvalue weighted by Gasteiger charge is 2.47. The van der Waals surface area contributed by atoms with Crippen LogP contribution in [0.25, 0.3) is 11.2 Å². The molecule has 0 aromatic carbocycles. The molecule has 12 nitrogen and oxygen atoms in total. The first kappa shape index (κ1) is 19.5. The highest BCUT2D eigenvalue weighted by Crippen LogP contribution is 2.35. The van der Waals surface area contributed by atoms with E-state index >= 15 is 0 Å². The summed E-state index contributed by atoms with van der Waals surface area (Å²) in [6.07, 6.45) is -3.84. The van der Waals surface area contributed by atoms with Gasteiger partial charge in [-0.15, -0.1) is 4.52 Å². The highest BCUT2D eigenvalue weighted by atomic mass is 31.1. The quantitative estimate of drug-likeness (QED) is 0.332. The molecule has 0 amide bonds. The summed E-state index contributed by atoms with van der Waals surface area (Å²) in [5.41, 5.74) is 6.25. The number of nitrogens with one attached hydrogen (secondary N) is 2. The Kier molecular flexibility index (Phi) is 5.87. The lowest BCUT2D eigenvalue weighted by Crippen LogP contribution is -2.31. The van der Waals surface area contributed by atoms with E-state index in [1.165, 1.54) is 10.9 Å². The van der Waals surface area contributed by atoms with Crippen LogP contribution < -0.4 is 16.1 Å². The Bertz CT molecular complexity index is 852. The van der Waals surface area contributed by atoms with Gasteiger partial charge in [0.05, 0.1) is 12.9 Å². The number of nitrogen functional groups attached to an aromatic ring is 1. The van der Waals surface area contributed by atoms with Crippen LogP contribution in [-0.4, -0.2) is 69.5 Å². The van der Waals surface area contributed by atoms with Crippen molar-refractivity contribution in [2.24, 2.45) is 0 Å². The number of aliphatic hydroxyl groups is 1. The number of fused-ring (bicyclic) bond motifs is 1. The van der Waals surface area contributed by atoms with Gasteiger partial charge >= 0.3 is 8.18 Å². The van der Waals surface area contributed by atoms with Gasteiger partial charge in [-0.25, -0.2) is 9.37 Å². The molecule has 1 fully saturated rings. The Morgan fingerprint density at radius 2 is 2.33 bits per heavy atom. The van der Waals surface area contributed by atoms with Gasteiger partial charge in [-0.1, -0.05) is 5.09 Å². The number of hydrogen-bond donors (Lipinski definition) is 4. The minimum Gasteiger partial charge on any atom is -0.387 e. The van der Waals surface area contributed by atoms with Crippen molar-refractivity contribution in [3.05, 3.63) is 6.33 Å². The van der Waals surface area contributed by atoms with Gasteiger partial charge in [0, 0.05) is 7.05 Å². The van der Waals surface area contributed by atoms with E-state index in [0.717, 1.165) is 0 Å². The summed E-state index contributed by atoms with van der Waals surface area (Å²) in [6.45, 7) is -0.502. The molecule has 3 heterocycles. The van der Waals surface area contributed by atoms with Gasteiger partial charge in [0.15, 0.2) is 29.4 Å². The molecule has 3 rings (SSSR count). The second kappa shape index (κ2) is 8.15. The molecule has 27 heavy (non-hydrogen) atoms. The minimum atomic E-state index is -2.34. The molecule has 0 saturated carbocycles. The number of carbonyl (C=O) groups excluding carboxylic acids is 1. The van der Waals surface area contributed by atoms with Crippen molar-refractivity contribution in [1.29, 1.82) is 0 Å². The van der Waals surface area contributed by atoms with E-state index in [0.29, 0.717) is 17.6 Å². The molecular formula is C13H18FN7O5P+. The Morgan fingerprint density at radius 3 is 3.04 bits per heavy atom. The Hall–Kier alpha value is -2.31. The van der Waals surface area contributed by atoms with Gasteiger partial charge in [0.2, 0.25) is 5.95 Å². The third kappa shape index (κ3) is 3.87. The van der Waals surface area contributed by atoms with Crippen molar-refractivity contribution >= 4 is 37.4 Å². The van der Waals surface area contributed by atoms with E-state index in [9.17, 15) is 18.9 Å². The monoisotopic (exact) mass is 402 g/mol. The molecule has 2 aromatic rings. The summed E-state index contributed by atoms with van der Waals surface area (Å²) in [4.78, 5) is 22.4. The summed E-state index contributed by atoms with van der Waals surface area (Å²) in [5, 5.41) is 15.2. The number of halogens is 1. The van der Waals surface area contributed by atoms with Crippen molar-refractivity contribution in [2.75, 3.05) is 31.2 Å². The number of nitrogens with zero attached hydrogens (tertiary/aromatic N) is 4. The lowest BCUT2D eigenvalue weighted by molar-refractivity contribution is -0.106. The standard InChI is InChI=1S/C13H18FN7O5P/c1-16-10-8-11(20-13(15)19-10)21(5-17-8)12-7(14)9(23)6(26-12)4-25-27(24)18-2-3-22/h3,5-7,9,12,23H,2,4H2,1H3,(H,18,24)(H3,15,16,19,20)/q+1/t6-,7+,9-,12-/m1/s1. The summed E-state index contributed by atoms with van der Waals surface area (Å²) in [5.74, 6) is 0.323. The van der Waals surface area contributed by atoms with Gasteiger partial charge in [0.25, 0.3) is 0 Å². The van der Waals surface area contributed by atoms with Crippen LogP contribution in [0.1, 0.15) is 6.23 Å². The Balaban J connectivity index is 1.78. The SMILES string of the molecule is CNc1nc(N)nc2c1ncn2[C@@H]1O[C@H](CO[P+](=O)NCC=O)[C@@H](O)[C@@H]1F. The van der Waals surface area contributed by atoms with Gasteiger partial charge in [-0.3, -0.25) is 4.57 Å². The van der Waals surface area contributed by atoms with Crippen molar-refractivity contribution in [3.8, 4) is 0 Å². The van der Waals surface area contributed by atoms with Crippen molar-refractivity contribution in [3.63, 3.8) is 0 Å². The maximum atomic E-state index is 14.6. The first-order valence-electron chi connectivity index (χ1n) is 7.89. The predicted octanol–water partition coefficient (Wildman–Crippen LogP) is -0.491. The van der Waals surface area contributed by atoms with E-state index in [1.54, 1.807) is 7.05 Å². The van der Waals surface area contributed by atoms with Gasteiger partial charge < -0.3 is 25.7 Å². The van der Waals surface area contributed by atoms with Crippen LogP contribution in [0.5, 0.6) is 0 Å². The van der Waals surface area contributed by atoms with Crippen LogP contribution in [-0.2, 0) is 18.6 Å². The van der Waals surface area contributed by atoms with Crippen LogP contribution in [0.15, 0.2) is 6.33 Å². The lowest BCUT2D eigenvalue weighted by atomic mass is 10.1. The lowest BCUT2D eigenvalue weighted by Gasteiger charge is -2.15. The van der Waals surface area contributed by atoms with E-state index in [2.05, 4.69) is 25.4 Å². The van der Waals surface area contributed by atoms with E-state index < -0.39 is 32.8 Å². The van der Waals surface area contributed by atoms with Crippen molar-refractivity contribution < 1.29 is 28.1 Å². The number of alkyl halides is 1. The van der Waals surface area contributed by atoms with Crippen molar-refractivity contribution in [1.82, 2.24) is 24.6 Å². The van der Waals surface area contributed by atoms with E-state index in [1.807, 2.05) is 0 Å². The normalized spacial score (nSPS) is 25.7. The molecule has 1 aliphatic rings. The number of anilines is 2. The number of hydrogen-bond acceptors (Lipinski definition) is 10. The third-order valence-electron chi connectivity index (χ3n) is 3.90. The van der Waals surface area contributed by atoms with Crippen molar-refractivity contribution in [2.45, 2.75) is 24.6 Å². The number of imidazole rings is 1. The number of aliphatic hydroxyl groups excluding tert-OH is 1. The number of nitrogens with two attached hydrogens (primary N) is 1. The average molecular weight is 402 g/mol. The molecule has 5 atom stereocenters. The molecule has 0 bridgehead atoms. The first-order valence-corrected chi connectivity index (χ1v) is 9.06. The summed E-state index contributed by atoms with van der Waals surface area (Å²) in [6, 6.07) is 0. The smallest absolute Gasteiger partial charge is 0.387 e. The van der Waals surface area contributed by atoms with E-state index in [-0.39, 0.29) is 24.7 Å². The summed E-state index contributed by atoms with van der Waals surface area (Å²) in [7, 11) is -0.718. The van der Waals surface area contributed by atoms with E-state index in [4.69, 9.17) is 15.0 Å². The average Bonchev–Trinajstić information content (AvgIpc) is 3.19. The number of ether oxygens (including phenoxy) is 1. The molecular weight excluding hydrogens is 384 g/mol. The molecule has 14 heteroatoms. The number of aldehydes is 1. The fraction of sp³-hybridized carbons (Fsp3) is 0.538. The van der Waals surface area contributed by atoms with Gasteiger partial charge in [-0.2, -0.15) is 9.97 Å². The van der Waals surface area contributed by atoms with Crippen LogP contribution >= 0.6 is 8.18 Å². The molecule has 1 unspecified atom stereocenters. The topological polar surface area (TPSA) is 167 Å². The molecule has 1 saturated heterocycles. The largest absolute Gasteiger partial charge is 0.613 e. The maximum Gasteiger partial charge on any atom is 0.613 e. The summed E-state index contributed by atoms with van der Waals surface area (Å²) < 4.78 is 37.9. The Labute approximate surface area is 153 Å². The molecule has 5 N–H and O–H groups in total. The number of aromatic nitrogens is 4. The molecule has 146 valence electrons. The number of rotatable bonds is 8. The second-order valence-electron chi connectivity index (χ2n) is 5.59. The van der Waals surface area contributed by atoms with Crippen LogP contribution in [0, 0.1) is 0 Å². The zero-order valence-corrected chi connectivity index (χ0v) is 15.0. The van der Waals surface area contributed by atoms with Gasteiger partial charge in [0.1, 0.15) is 25.1 Å². The van der Waals surface area contributed by atoms with Crippen LogP contribution in [0.4, 0.5) is 16.2 Å². The molecule has 0 radical (unpaired) electrons. The molecule has 1 aliphatic heterocycles. The van der Waals surface area contributed by atoms with Crippen LogP contribution in [0.3, 0.4) is 0 Å². The molecule has 2 aromatic heterocycles. The Morgan fingerprint density at radius 1 is 1.56 bits per heavy atom. The zero-order valence-electron chi connectivity index (χ0n) is 14.1. The third-order valence-corrected chi connectivity index (χ3v) is 4.73. The van der Waals surface area contributed by atoms with Gasteiger partial charge in [-0.05, 0) is 4.57 Å². The fourth-order valence-corrected chi connectivity index (χ4v) is 3.25. The molecule has 0 spiro atoms. The zero-order chi connectivity index (χ0) is 19.6. The van der Waals surface area contributed by atoms with Crippen LogP contribution in [0.2, 0.25) is 0 Å². The number of carbonyl (C=O) groups is 1. The molecule has 0 aliphatic carbocycles. The first-order chi connectivity index (χ1) is 13.0. The summed E-state index contributed by atoms with van der Waals surface area (Å²) >= 11 is 0. The minimum absolute atomic E-state index is 0.0410. The second-order valence-corrected chi connectivity index (χ2v) is 6.68. The predicted molar refractivity (Wildman–Crippen MR) is 91.7 cm³/mol. The fourth-order valence-electron chi connectivity index (χ4n) is 2.66. The maximum absolute atomic E-state index is 14.6. The highest BCUT2D eigenvalue weighted by molar-refractivity contribution is 7.36.